The van der Waals surface area contributed by atoms with Gasteiger partial charge in [-0.05, 0) is 41.5 Å². The number of primary amides is 1. The summed E-state index contributed by atoms with van der Waals surface area (Å²) >= 11 is 0. The molecule has 5 rings (SSSR count). The van der Waals surface area contributed by atoms with Gasteiger partial charge in [-0.2, -0.15) is 0 Å². The molecule has 0 aliphatic heterocycles. The number of hydrogen-bond donors (Lipinski definition) is 2. The van der Waals surface area contributed by atoms with Crippen LogP contribution in [0.25, 0.3) is 21.8 Å². The molecule has 1 radical (unpaired) electrons. The van der Waals surface area contributed by atoms with Gasteiger partial charge in [0.1, 0.15) is 0 Å². The minimum Gasteiger partial charge on any atom is -0.392 e. The molecule has 3 N–H and O–H groups in total. The molecule has 0 spiro atoms. The van der Waals surface area contributed by atoms with Crippen molar-refractivity contribution in [1.82, 2.24) is 4.57 Å². The summed E-state index contributed by atoms with van der Waals surface area (Å²) in [5.74, 6) is -0.518. The van der Waals surface area contributed by atoms with Gasteiger partial charge in [-0.25, -0.2) is 0 Å². The predicted octanol–water partition coefficient (Wildman–Crippen LogP) is 4.47. The molecule has 0 saturated heterocycles. The van der Waals surface area contributed by atoms with Crippen LogP contribution in [0.2, 0.25) is 0 Å². The first-order chi connectivity index (χ1) is 16.1. The second-order valence-electron chi connectivity index (χ2n) is 7.97. The summed E-state index contributed by atoms with van der Waals surface area (Å²) in [6.45, 7) is 0.414. The lowest BCUT2D eigenvalue weighted by molar-refractivity contribution is 0.1000. The van der Waals surface area contributed by atoms with Crippen molar-refractivity contribution in [2.75, 3.05) is 0 Å². The smallest absolute Gasteiger partial charge is 0.249 e. The monoisotopic (exact) mass is 433 g/mol. The van der Waals surface area contributed by atoms with Gasteiger partial charge in [-0.3, -0.25) is 9.59 Å². The molecule has 0 fully saturated rings. The lowest BCUT2D eigenvalue weighted by atomic mass is 10.0. The molecule has 0 bridgehead atoms. The topological polar surface area (TPSA) is 85.3 Å². The SMILES string of the molecule is NC(=O)c1cccc2c1c1[c]cc(CO)cc1n2Cc1ccc(C(=O)c2ccccc2)cc1. The number of amides is 1. The van der Waals surface area contributed by atoms with E-state index in [-0.39, 0.29) is 12.4 Å². The highest BCUT2D eigenvalue weighted by atomic mass is 16.3. The molecule has 0 saturated carbocycles. The van der Waals surface area contributed by atoms with E-state index in [1.165, 1.54) is 0 Å². The number of rotatable bonds is 6. The van der Waals surface area contributed by atoms with E-state index in [9.17, 15) is 14.7 Å². The first-order valence-electron chi connectivity index (χ1n) is 10.6. The minimum absolute atomic E-state index is 0.0210. The van der Waals surface area contributed by atoms with Crippen molar-refractivity contribution in [3.63, 3.8) is 0 Å². The van der Waals surface area contributed by atoms with Crippen molar-refractivity contribution in [2.45, 2.75) is 13.2 Å². The van der Waals surface area contributed by atoms with E-state index in [1.807, 2.05) is 60.7 Å². The van der Waals surface area contributed by atoms with E-state index in [2.05, 4.69) is 10.6 Å². The van der Waals surface area contributed by atoms with Crippen LogP contribution in [-0.2, 0) is 13.2 Å². The maximum Gasteiger partial charge on any atom is 0.249 e. The zero-order valence-corrected chi connectivity index (χ0v) is 17.8. The van der Waals surface area contributed by atoms with Gasteiger partial charge < -0.3 is 15.4 Å². The Labute approximate surface area is 190 Å². The first-order valence-corrected chi connectivity index (χ1v) is 10.6. The van der Waals surface area contributed by atoms with Crippen molar-refractivity contribution >= 4 is 33.5 Å². The van der Waals surface area contributed by atoms with Crippen molar-refractivity contribution < 1.29 is 14.7 Å². The maximum absolute atomic E-state index is 12.7. The number of aromatic nitrogens is 1. The summed E-state index contributed by atoms with van der Waals surface area (Å²) in [5.41, 5.74) is 10.8. The third kappa shape index (κ3) is 3.69. The number of hydrogen-bond acceptors (Lipinski definition) is 3. The Bertz CT molecular complexity index is 1500. The van der Waals surface area contributed by atoms with Crippen molar-refractivity contribution in [1.29, 1.82) is 0 Å². The normalized spacial score (nSPS) is 11.2. The number of benzene rings is 4. The van der Waals surface area contributed by atoms with E-state index in [0.717, 1.165) is 32.9 Å². The number of aliphatic hydroxyl groups is 1. The molecule has 5 nitrogen and oxygen atoms in total. The number of ketones is 1. The molecule has 0 aliphatic carbocycles. The highest BCUT2D eigenvalue weighted by Crippen LogP contribution is 2.32. The van der Waals surface area contributed by atoms with Crippen LogP contribution in [0, 0.1) is 6.07 Å². The molecule has 1 heterocycles. The summed E-state index contributed by atoms with van der Waals surface area (Å²) in [6, 6.07) is 29.1. The molecule has 161 valence electrons. The molecule has 0 atom stereocenters. The Kier molecular flexibility index (Phi) is 5.24. The zero-order valence-electron chi connectivity index (χ0n) is 17.8. The van der Waals surface area contributed by atoms with Crippen LogP contribution in [0.4, 0.5) is 0 Å². The molecule has 1 aromatic heterocycles. The molecule has 33 heavy (non-hydrogen) atoms. The average molecular weight is 433 g/mol. The average Bonchev–Trinajstić information content (AvgIpc) is 3.17. The van der Waals surface area contributed by atoms with Crippen molar-refractivity contribution in [3.05, 3.63) is 119 Å². The van der Waals surface area contributed by atoms with Crippen LogP contribution in [-0.4, -0.2) is 21.4 Å². The van der Waals surface area contributed by atoms with Crippen LogP contribution in [0.15, 0.2) is 84.9 Å². The summed E-state index contributed by atoms with van der Waals surface area (Å²) in [7, 11) is 0. The van der Waals surface area contributed by atoms with E-state index in [1.54, 1.807) is 24.3 Å². The number of nitrogens with two attached hydrogens (primary N) is 1. The Hall–Kier alpha value is -4.22. The quantitative estimate of drug-likeness (QED) is 0.388. The second-order valence-corrected chi connectivity index (χ2v) is 7.97. The Morgan fingerprint density at radius 1 is 0.848 bits per heavy atom. The molecular formula is C28H21N2O3. The molecule has 1 amide bonds. The minimum atomic E-state index is -0.497. The van der Waals surface area contributed by atoms with Crippen molar-refractivity contribution in [2.24, 2.45) is 5.73 Å². The fourth-order valence-corrected chi connectivity index (χ4v) is 4.27. The molecule has 0 unspecified atom stereocenters. The maximum atomic E-state index is 12.7. The summed E-state index contributed by atoms with van der Waals surface area (Å²) < 4.78 is 2.08. The van der Waals surface area contributed by atoms with Gasteiger partial charge in [0.25, 0.3) is 0 Å². The zero-order chi connectivity index (χ0) is 22.9. The van der Waals surface area contributed by atoms with Crippen LogP contribution in [0.3, 0.4) is 0 Å². The van der Waals surface area contributed by atoms with Crippen molar-refractivity contribution in [3.8, 4) is 0 Å². The largest absolute Gasteiger partial charge is 0.392 e. The van der Waals surface area contributed by atoms with Crippen LogP contribution < -0.4 is 5.73 Å². The van der Waals surface area contributed by atoms with E-state index >= 15 is 0 Å². The molecule has 0 aliphatic rings. The lowest BCUT2D eigenvalue weighted by Crippen LogP contribution is -2.11. The number of carbonyl (C=O) groups is 2. The molecule has 4 aromatic carbocycles. The van der Waals surface area contributed by atoms with Gasteiger partial charge in [0.05, 0.1) is 17.6 Å². The summed E-state index contributed by atoms with van der Waals surface area (Å²) in [5, 5.41) is 11.2. The second kappa shape index (κ2) is 8.37. The highest BCUT2D eigenvalue weighted by molar-refractivity contribution is 6.17. The fourth-order valence-electron chi connectivity index (χ4n) is 4.27. The fraction of sp³-hybridized carbons (Fsp3) is 0.0714. The van der Waals surface area contributed by atoms with Crippen LogP contribution in [0.5, 0.6) is 0 Å². The van der Waals surface area contributed by atoms with Gasteiger partial charge in [-0.15, -0.1) is 0 Å². The predicted molar refractivity (Wildman–Crippen MR) is 128 cm³/mol. The van der Waals surface area contributed by atoms with Gasteiger partial charge in [0.2, 0.25) is 5.91 Å². The van der Waals surface area contributed by atoms with E-state index < -0.39 is 5.91 Å². The Morgan fingerprint density at radius 2 is 1.58 bits per heavy atom. The lowest BCUT2D eigenvalue weighted by Gasteiger charge is -2.10. The standard InChI is InChI=1S/C28H21N2O3/c29-28(33)23-7-4-8-24-26(23)22-14-11-19(17-31)15-25(22)30(24)16-18-9-12-21(13-10-18)27(32)20-5-2-1-3-6-20/h1-13,15,31H,16-17H2,(H2,29,33). The molecule has 5 heteroatoms. The Balaban J connectivity index is 1.59. The van der Waals surface area contributed by atoms with Gasteiger partial charge in [-0.1, -0.05) is 60.7 Å². The number of nitrogens with zero attached hydrogens (tertiary/aromatic N) is 1. The summed E-state index contributed by atoms with van der Waals surface area (Å²) in [6.07, 6.45) is 0. The number of carbonyl (C=O) groups excluding carboxylic acids is 2. The van der Waals surface area contributed by atoms with Gasteiger partial charge in [0, 0.05) is 34.0 Å². The number of fused-ring (bicyclic) bond motifs is 3. The van der Waals surface area contributed by atoms with Gasteiger partial charge >= 0.3 is 0 Å². The number of aliphatic hydroxyl groups excluding tert-OH is 1. The molecule has 5 aromatic rings. The first kappa shape index (κ1) is 20.7. The van der Waals surface area contributed by atoms with E-state index in [4.69, 9.17) is 5.73 Å². The molecular weight excluding hydrogens is 412 g/mol. The third-order valence-corrected chi connectivity index (χ3v) is 5.90. The van der Waals surface area contributed by atoms with Crippen LogP contribution >= 0.6 is 0 Å². The summed E-state index contributed by atoms with van der Waals surface area (Å²) in [4.78, 5) is 24.8. The highest BCUT2D eigenvalue weighted by Gasteiger charge is 2.17. The van der Waals surface area contributed by atoms with Gasteiger partial charge in [0.15, 0.2) is 5.78 Å². The van der Waals surface area contributed by atoms with E-state index in [0.29, 0.717) is 23.2 Å². The Morgan fingerprint density at radius 3 is 2.27 bits per heavy atom. The third-order valence-electron chi connectivity index (χ3n) is 5.90. The van der Waals surface area contributed by atoms with Crippen LogP contribution in [0.1, 0.15) is 37.4 Å².